The molecule has 0 aliphatic heterocycles. The Hall–Kier alpha value is -2.21. The molecule has 2 rings (SSSR count). The van der Waals surface area contributed by atoms with Gasteiger partial charge in [0.1, 0.15) is 5.75 Å². The zero-order chi connectivity index (χ0) is 16.2. The van der Waals surface area contributed by atoms with Crippen LogP contribution in [0.1, 0.15) is 11.1 Å². The van der Waals surface area contributed by atoms with Crippen LogP contribution in [0.25, 0.3) is 0 Å². The summed E-state index contributed by atoms with van der Waals surface area (Å²) < 4.78 is 43.7. The predicted octanol–water partition coefficient (Wildman–Crippen LogP) is 4.81. The van der Waals surface area contributed by atoms with Crippen molar-refractivity contribution in [2.45, 2.75) is 6.18 Å². The van der Waals surface area contributed by atoms with Gasteiger partial charge in [-0.3, -0.25) is 5.43 Å². The maximum Gasteiger partial charge on any atom is 0.420 e. The van der Waals surface area contributed by atoms with Crippen molar-refractivity contribution in [3.8, 4) is 5.75 Å². The molecular weight excluding hydrogens is 317 g/mol. The third-order valence-electron chi connectivity index (χ3n) is 2.76. The number of nitrogens with one attached hydrogen (secondary N) is 1. The van der Waals surface area contributed by atoms with E-state index in [-0.39, 0.29) is 10.6 Å². The van der Waals surface area contributed by atoms with Gasteiger partial charge in [0.25, 0.3) is 0 Å². The second-order valence-electron chi connectivity index (χ2n) is 4.32. The van der Waals surface area contributed by atoms with Gasteiger partial charge in [-0.1, -0.05) is 29.8 Å². The molecule has 0 spiro atoms. The number of halogens is 4. The summed E-state index contributed by atoms with van der Waals surface area (Å²) in [4.78, 5) is 0. The van der Waals surface area contributed by atoms with Gasteiger partial charge in [0, 0.05) is 0 Å². The summed E-state index contributed by atoms with van der Waals surface area (Å²) in [6.45, 7) is 0. The van der Waals surface area contributed by atoms with Gasteiger partial charge in [-0.05, 0) is 29.8 Å². The fourth-order valence-electron chi connectivity index (χ4n) is 1.80. The molecule has 0 atom stereocenters. The molecule has 0 saturated carbocycles. The van der Waals surface area contributed by atoms with E-state index in [1.807, 2.05) is 18.2 Å². The fourth-order valence-corrected chi connectivity index (χ4v) is 2.11. The Kier molecular flexibility index (Phi) is 4.92. The van der Waals surface area contributed by atoms with Gasteiger partial charge in [-0.25, -0.2) is 0 Å². The summed E-state index contributed by atoms with van der Waals surface area (Å²) in [6, 6.07) is 11.3. The highest BCUT2D eigenvalue weighted by Crippen LogP contribution is 2.40. The first-order valence-electron chi connectivity index (χ1n) is 6.20. The molecule has 0 radical (unpaired) electrons. The number of nitrogens with zero attached hydrogens (tertiary/aromatic N) is 1. The summed E-state index contributed by atoms with van der Waals surface area (Å²) in [5.74, 6) is -0.401. The molecule has 0 bridgehead atoms. The van der Waals surface area contributed by atoms with Crippen LogP contribution in [0.15, 0.2) is 47.6 Å². The minimum Gasteiger partial charge on any atom is -0.495 e. The van der Waals surface area contributed by atoms with Crippen molar-refractivity contribution >= 4 is 23.5 Å². The molecule has 1 N–H and O–H groups in total. The second-order valence-corrected chi connectivity index (χ2v) is 4.72. The summed E-state index contributed by atoms with van der Waals surface area (Å²) in [5, 5.41) is 3.76. The molecule has 0 amide bonds. The summed E-state index contributed by atoms with van der Waals surface area (Å²) in [7, 11) is 1.14. The number of rotatable bonds is 4. The molecule has 2 aromatic carbocycles. The largest absolute Gasteiger partial charge is 0.495 e. The quantitative estimate of drug-likeness (QED) is 0.645. The number of hydrazone groups is 1. The smallest absolute Gasteiger partial charge is 0.420 e. The van der Waals surface area contributed by atoms with Crippen molar-refractivity contribution in [3.05, 3.63) is 58.6 Å². The highest BCUT2D eigenvalue weighted by atomic mass is 35.5. The number of hydrogen-bond acceptors (Lipinski definition) is 3. The van der Waals surface area contributed by atoms with E-state index >= 15 is 0 Å². The predicted molar refractivity (Wildman–Crippen MR) is 80.7 cm³/mol. The van der Waals surface area contributed by atoms with Crippen LogP contribution in [-0.4, -0.2) is 13.3 Å². The lowest BCUT2D eigenvalue weighted by molar-refractivity contribution is -0.138. The number of benzene rings is 2. The number of methoxy groups -OCH3 is 1. The first-order chi connectivity index (χ1) is 10.4. The van der Waals surface area contributed by atoms with Crippen LogP contribution in [0.3, 0.4) is 0 Å². The lowest BCUT2D eigenvalue weighted by Crippen LogP contribution is -2.09. The first kappa shape index (κ1) is 16.2. The summed E-state index contributed by atoms with van der Waals surface area (Å²) in [5.41, 5.74) is 2.70. The number of alkyl halides is 3. The number of hydrogen-bond donors (Lipinski definition) is 1. The Balaban J connectivity index is 2.27. The monoisotopic (exact) mass is 328 g/mol. The van der Waals surface area contributed by atoms with Crippen LogP contribution in [0.4, 0.5) is 18.9 Å². The van der Waals surface area contributed by atoms with E-state index in [4.69, 9.17) is 16.3 Å². The average molecular weight is 329 g/mol. The SMILES string of the molecule is COc1c(Cl)cc(C=NNc2ccccc2)cc1C(F)(F)F. The van der Waals surface area contributed by atoms with Crippen LogP contribution >= 0.6 is 11.6 Å². The van der Waals surface area contributed by atoms with E-state index in [0.717, 1.165) is 18.9 Å². The molecule has 3 nitrogen and oxygen atoms in total. The highest BCUT2D eigenvalue weighted by molar-refractivity contribution is 6.32. The van der Waals surface area contributed by atoms with Gasteiger partial charge in [0.2, 0.25) is 0 Å². The summed E-state index contributed by atoms with van der Waals surface area (Å²) in [6.07, 6.45) is -3.31. The minimum atomic E-state index is -4.56. The van der Waals surface area contributed by atoms with Crippen LogP contribution in [0, 0.1) is 0 Å². The van der Waals surface area contributed by atoms with Gasteiger partial charge in [-0.2, -0.15) is 18.3 Å². The molecule has 22 heavy (non-hydrogen) atoms. The Labute approximate surface area is 130 Å². The molecule has 0 aromatic heterocycles. The standard InChI is InChI=1S/C15H12ClF3N2O/c1-22-14-12(15(17,18)19)7-10(8-13(14)16)9-20-21-11-5-3-2-4-6-11/h2-9,21H,1H3. The van der Waals surface area contributed by atoms with Crippen LogP contribution in [0.2, 0.25) is 5.02 Å². The Morgan fingerprint density at radius 1 is 1.18 bits per heavy atom. The van der Waals surface area contributed by atoms with Gasteiger partial charge in [0.05, 0.1) is 29.6 Å². The molecule has 2 aromatic rings. The van der Waals surface area contributed by atoms with E-state index in [2.05, 4.69) is 10.5 Å². The number of anilines is 1. The zero-order valence-electron chi connectivity index (χ0n) is 11.5. The molecule has 0 heterocycles. The van der Waals surface area contributed by atoms with E-state index in [9.17, 15) is 13.2 Å². The van der Waals surface area contributed by atoms with Crippen molar-refractivity contribution < 1.29 is 17.9 Å². The fraction of sp³-hybridized carbons (Fsp3) is 0.133. The van der Waals surface area contributed by atoms with Crippen LogP contribution < -0.4 is 10.2 Å². The van der Waals surface area contributed by atoms with Crippen molar-refractivity contribution in [3.63, 3.8) is 0 Å². The van der Waals surface area contributed by atoms with E-state index in [1.54, 1.807) is 12.1 Å². The number of para-hydroxylation sites is 1. The molecule has 0 fully saturated rings. The maximum absolute atomic E-state index is 13.0. The van der Waals surface area contributed by atoms with Crippen molar-refractivity contribution in [2.75, 3.05) is 12.5 Å². The molecule has 116 valence electrons. The van der Waals surface area contributed by atoms with Gasteiger partial charge in [-0.15, -0.1) is 0 Å². The molecule has 0 aliphatic rings. The first-order valence-corrected chi connectivity index (χ1v) is 6.58. The van der Waals surface area contributed by atoms with Crippen molar-refractivity contribution in [2.24, 2.45) is 5.10 Å². The zero-order valence-corrected chi connectivity index (χ0v) is 12.2. The van der Waals surface area contributed by atoms with Gasteiger partial charge < -0.3 is 4.74 Å². The average Bonchev–Trinajstić information content (AvgIpc) is 2.47. The molecular formula is C15H12ClF3N2O. The maximum atomic E-state index is 13.0. The summed E-state index contributed by atoms with van der Waals surface area (Å²) >= 11 is 5.83. The third kappa shape index (κ3) is 3.92. The van der Waals surface area contributed by atoms with E-state index < -0.39 is 17.5 Å². The topological polar surface area (TPSA) is 33.6 Å². The van der Waals surface area contributed by atoms with Gasteiger partial charge >= 0.3 is 6.18 Å². The molecule has 0 saturated heterocycles. The Morgan fingerprint density at radius 3 is 2.45 bits per heavy atom. The molecule has 0 aliphatic carbocycles. The number of ether oxygens (including phenoxy) is 1. The normalized spacial score (nSPS) is 11.7. The van der Waals surface area contributed by atoms with Crippen LogP contribution in [0.5, 0.6) is 5.75 Å². The van der Waals surface area contributed by atoms with Crippen molar-refractivity contribution in [1.82, 2.24) is 0 Å². The van der Waals surface area contributed by atoms with Crippen LogP contribution in [-0.2, 0) is 6.18 Å². The second kappa shape index (κ2) is 6.70. The highest BCUT2D eigenvalue weighted by Gasteiger charge is 2.35. The van der Waals surface area contributed by atoms with E-state index in [1.165, 1.54) is 12.3 Å². The van der Waals surface area contributed by atoms with Gasteiger partial charge in [0.15, 0.2) is 0 Å². The molecule has 7 heteroatoms. The Morgan fingerprint density at radius 2 is 1.86 bits per heavy atom. The third-order valence-corrected chi connectivity index (χ3v) is 3.04. The van der Waals surface area contributed by atoms with E-state index in [0.29, 0.717) is 0 Å². The molecule has 0 unspecified atom stereocenters. The Bertz CT molecular complexity index is 672. The lowest BCUT2D eigenvalue weighted by Gasteiger charge is -2.14. The minimum absolute atomic E-state index is 0.126. The van der Waals surface area contributed by atoms with Crippen molar-refractivity contribution in [1.29, 1.82) is 0 Å². The lowest BCUT2D eigenvalue weighted by atomic mass is 10.1.